The molecule has 1 fully saturated rings. The summed E-state index contributed by atoms with van der Waals surface area (Å²) in [6.07, 6.45) is 2.69. The molecule has 3 heteroatoms. The predicted octanol–water partition coefficient (Wildman–Crippen LogP) is 3.67. The van der Waals surface area contributed by atoms with Gasteiger partial charge in [0.25, 0.3) is 5.91 Å². The summed E-state index contributed by atoms with van der Waals surface area (Å²) in [6, 6.07) is 18.4. The zero-order valence-corrected chi connectivity index (χ0v) is 13.6. The van der Waals surface area contributed by atoms with Gasteiger partial charge in [0.15, 0.2) is 6.10 Å². The summed E-state index contributed by atoms with van der Waals surface area (Å²) in [5.41, 5.74) is 2.53. The molecule has 0 aliphatic carbocycles. The molecule has 2 aromatic carbocycles. The molecule has 0 N–H and O–H groups in total. The van der Waals surface area contributed by atoms with Crippen LogP contribution in [0.3, 0.4) is 0 Å². The van der Waals surface area contributed by atoms with Gasteiger partial charge in [-0.3, -0.25) is 4.79 Å². The number of nitrogens with zero attached hydrogens (tertiary/aromatic N) is 1. The van der Waals surface area contributed by atoms with Crippen LogP contribution >= 0.6 is 0 Å². The fourth-order valence-electron chi connectivity index (χ4n) is 2.97. The molecule has 2 aromatic rings. The normalized spacial score (nSPS) is 15.4. The molecule has 0 spiro atoms. The van der Waals surface area contributed by atoms with E-state index in [9.17, 15) is 4.79 Å². The summed E-state index contributed by atoms with van der Waals surface area (Å²) < 4.78 is 5.80. The second-order valence-corrected chi connectivity index (χ2v) is 6.10. The number of rotatable bonds is 5. The molecule has 1 unspecified atom stereocenters. The lowest BCUT2D eigenvalue weighted by Gasteiger charge is -2.21. The van der Waals surface area contributed by atoms with Gasteiger partial charge in [-0.15, -0.1) is 0 Å². The average molecular weight is 309 g/mol. The summed E-state index contributed by atoms with van der Waals surface area (Å²) in [5, 5.41) is 0. The van der Waals surface area contributed by atoms with Crippen molar-refractivity contribution >= 4 is 5.91 Å². The van der Waals surface area contributed by atoms with Crippen LogP contribution in [0.15, 0.2) is 54.6 Å². The monoisotopic (exact) mass is 309 g/mol. The number of hydrogen-bond donors (Lipinski definition) is 0. The summed E-state index contributed by atoms with van der Waals surface area (Å²) in [6.45, 7) is 3.56. The average Bonchev–Trinajstić information content (AvgIpc) is 3.11. The summed E-state index contributed by atoms with van der Waals surface area (Å²) in [7, 11) is 0. The van der Waals surface area contributed by atoms with Crippen molar-refractivity contribution in [2.45, 2.75) is 32.3 Å². The van der Waals surface area contributed by atoms with Gasteiger partial charge < -0.3 is 9.64 Å². The maximum absolute atomic E-state index is 12.3. The van der Waals surface area contributed by atoms with Crippen LogP contribution in [0, 0.1) is 0 Å². The van der Waals surface area contributed by atoms with Crippen molar-refractivity contribution in [1.29, 1.82) is 0 Å². The van der Waals surface area contributed by atoms with Crippen LogP contribution < -0.4 is 4.74 Å². The van der Waals surface area contributed by atoms with E-state index >= 15 is 0 Å². The van der Waals surface area contributed by atoms with E-state index in [0.717, 1.165) is 38.1 Å². The zero-order chi connectivity index (χ0) is 16.1. The van der Waals surface area contributed by atoms with E-state index in [1.54, 1.807) is 0 Å². The van der Waals surface area contributed by atoms with E-state index in [1.807, 2.05) is 30.0 Å². The Morgan fingerprint density at radius 2 is 1.61 bits per heavy atom. The van der Waals surface area contributed by atoms with Gasteiger partial charge in [-0.2, -0.15) is 0 Å². The highest BCUT2D eigenvalue weighted by atomic mass is 16.5. The summed E-state index contributed by atoms with van der Waals surface area (Å²) in [5.74, 6) is 0.845. The Labute approximate surface area is 137 Å². The molecule has 1 atom stereocenters. The first kappa shape index (κ1) is 15.6. The third-order valence-corrected chi connectivity index (χ3v) is 4.25. The molecule has 0 radical (unpaired) electrons. The molecule has 1 aliphatic rings. The van der Waals surface area contributed by atoms with Crippen molar-refractivity contribution < 1.29 is 9.53 Å². The van der Waals surface area contributed by atoms with Crippen LogP contribution in [0.5, 0.6) is 5.75 Å². The minimum Gasteiger partial charge on any atom is -0.481 e. The van der Waals surface area contributed by atoms with E-state index in [0.29, 0.717) is 0 Å². The first-order valence-corrected chi connectivity index (χ1v) is 8.31. The lowest BCUT2D eigenvalue weighted by molar-refractivity contribution is -0.136. The quantitative estimate of drug-likeness (QED) is 0.843. The molecule has 3 rings (SSSR count). The van der Waals surface area contributed by atoms with Gasteiger partial charge in [-0.05, 0) is 49.4 Å². The molecule has 0 saturated carbocycles. The van der Waals surface area contributed by atoms with Gasteiger partial charge in [0.05, 0.1) is 0 Å². The number of carbonyl (C=O) groups excluding carboxylic acids is 1. The molecule has 1 heterocycles. The zero-order valence-electron chi connectivity index (χ0n) is 13.6. The molecule has 120 valence electrons. The molecular weight excluding hydrogens is 286 g/mol. The van der Waals surface area contributed by atoms with Crippen molar-refractivity contribution in [2.24, 2.45) is 0 Å². The standard InChI is InChI=1S/C20H23NO2/c1-16(20(22)21-13-5-6-14-21)23-19-11-9-18(10-12-19)15-17-7-3-2-4-8-17/h2-4,7-12,16H,5-6,13-15H2,1H3. The lowest BCUT2D eigenvalue weighted by Crippen LogP contribution is -2.38. The van der Waals surface area contributed by atoms with E-state index in [4.69, 9.17) is 4.74 Å². The Morgan fingerprint density at radius 3 is 2.26 bits per heavy atom. The van der Waals surface area contributed by atoms with Crippen molar-refractivity contribution in [3.05, 3.63) is 65.7 Å². The van der Waals surface area contributed by atoms with Gasteiger partial charge in [0.1, 0.15) is 5.75 Å². The van der Waals surface area contributed by atoms with Gasteiger partial charge in [-0.1, -0.05) is 42.5 Å². The van der Waals surface area contributed by atoms with Gasteiger partial charge in [0.2, 0.25) is 0 Å². The minimum atomic E-state index is -0.423. The molecule has 1 saturated heterocycles. The number of amides is 1. The Hall–Kier alpha value is -2.29. The molecule has 0 aromatic heterocycles. The number of carbonyl (C=O) groups is 1. The number of benzene rings is 2. The van der Waals surface area contributed by atoms with Crippen LogP contribution in [-0.2, 0) is 11.2 Å². The third-order valence-electron chi connectivity index (χ3n) is 4.25. The van der Waals surface area contributed by atoms with Crippen LogP contribution in [-0.4, -0.2) is 30.0 Å². The van der Waals surface area contributed by atoms with Crippen molar-refractivity contribution in [3.8, 4) is 5.75 Å². The largest absolute Gasteiger partial charge is 0.481 e. The summed E-state index contributed by atoms with van der Waals surface area (Å²) in [4.78, 5) is 14.2. The van der Waals surface area contributed by atoms with E-state index in [1.165, 1.54) is 11.1 Å². The maximum atomic E-state index is 12.3. The van der Waals surface area contributed by atoms with Gasteiger partial charge >= 0.3 is 0 Å². The highest BCUT2D eigenvalue weighted by Crippen LogP contribution is 2.18. The Morgan fingerprint density at radius 1 is 1.00 bits per heavy atom. The summed E-state index contributed by atoms with van der Waals surface area (Å²) >= 11 is 0. The third kappa shape index (κ3) is 4.13. The molecule has 0 bridgehead atoms. The number of ether oxygens (including phenoxy) is 1. The highest BCUT2D eigenvalue weighted by molar-refractivity contribution is 5.81. The molecule has 1 amide bonds. The first-order valence-electron chi connectivity index (χ1n) is 8.31. The van der Waals surface area contributed by atoms with Crippen molar-refractivity contribution in [1.82, 2.24) is 4.90 Å². The minimum absolute atomic E-state index is 0.0934. The van der Waals surface area contributed by atoms with Crippen LogP contribution in [0.25, 0.3) is 0 Å². The second kappa shape index (κ2) is 7.32. The number of hydrogen-bond acceptors (Lipinski definition) is 2. The topological polar surface area (TPSA) is 29.5 Å². The molecular formula is C20H23NO2. The van der Waals surface area contributed by atoms with Gasteiger partial charge in [0, 0.05) is 13.1 Å². The second-order valence-electron chi connectivity index (χ2n) is 6.10. The van der Waals surface area contributed by atoms with Crippen molar-refractivity contribution in [2.75, 3.05) is 13.1 Å². The molecule has 1 aliphatic heterocycles. The Bertz CT molecular complexity index is 630. The number of likely N-dealkylation sites (tertiary alicyclic amines) is 1. The van der Waals surface area contributed by atoms with Crippen LogP contribution in [0.4, 0.5) is 0 Å². The molecule has 23 heavy (non-hydrogen) atoms. The van der Waals surface area contributed by atoms with E-state index in [-0.39, 0.29) is 5.91 Å². The fourth-order valence-corrected chi connectivity index (χ4v) is 2.97. The predicted molar refractivity (Wildman–Crippen MR) is 91.6 cm³/mol. The Balaban J connectivity index is 1.57. The van der Waals surface area contributed by atoms with E-state index < -0.39 is 6.10 Å². The maximum Gasteiger partial charge on any atom is 0.263 e. The van der Waals surface area contributed by atoms with Crippen LogP contribution in [0.1, 0.15) is 30.9 Å². The smallest absolute Gasteiger partial charge is 0.263 e. The SMILES string of the molecule is CC(Oc1ccc(Cc2ccccc2)cc1)C(=O)N1CCCC1. The van der Waals surface area contributed by atoms with Crippen molar-refractivity contribution in [3.63, 3.8) is 0 Å². The lowest BCUT2D eigenvalue weighted by atomic mass is 10.1. The first-order chi connectivity index (χ1) is 11.2. The Kier molecular flexibility index (Phi) is 4.96. The highest BCUT2D eigenvalue weighted by Gasteiger charge is 2.24. The van der Waals surface area contributed by atoms with Crippen LogP contribution in [0.2, 0.25) is 0 Å². The van der Waals surface area contributed by atoms with Gasteiger partial charge in [-0.25, -0.2) is 0 Å². The van der Waals surface area contributed by atoms with E-state index in [2.05, 4.69) is 36.4 Å². The molecule has 3 nitrogen and oxygen atoms in total. The fraction of sp³-hybridized carbons (Fsp3) is 0.350.